The molecular weight excluding hydrogens is 901 g/mol. The standard InChI is InChI=1S/C51H74N8O9S/c1-34(2)13-11-14-35(3)39-20-21-40-38-19-18-36-33-37(24-27-50(36,4)41(38)25-28-51(39,40)5)57(69(66,67)45-16-9-8-15-43(45)58(62)63)32-12-30-53-47(61)26-31-54-46(60)17-7-6-10-29-52-42-22-23-44(59(64)65)49-48(42)55-68-56-49/h8-9,15-16,18,22-23,34-35,37-41,52H,6-7,10-14,17,19-21,24-33H2,1-5H3,(H,53,61)(H,54,60)/t35?,37-,38?,39+,40?,41?,50-,51+/m0/s1. The summed E-state index contributed by atoms with van der Waals surface area (Å²) in [4.78, 5) is 47.2. The summed E-state index contributed by atoms with van der Waals surface area (Å²) >= 11 is 0. The van der Waals surface area contributed by atoms with Gasteiger partial charge in [-0.1, -0.05) is 84.1 Å². The molecule has 1 heterocycles. The lowest BCUT2D eigenvalue weighted by Crippen LogP contribution is -2.53. The lowest BCUT2D eigenvalue weighted by molar-refractivity contribution is -0.387. The van der Waals surface area contributed by atoms with Gasteiger partial charge in [0.05, 0.1) is 15.5 Å². The van der Waals surface area contributed by atoms with Crippen LogP contribution in [0, 0.1) is 66.6 Å². The molecule has 0 aliphatic heterocycles. The van der Waals surface area contributed by atoms with Crippen molar-refractivity contribution >= 4 is 49.9 Å². The smallest absolute Gasteiger partial charge is 0.300 e. The molecule has 2 aromatic carbocycles. The average molecular weight is 975 g/mol. The average Bonchev–Trinajstić information content (AvgIpc) is 3.95. The topological polar surface area (TPSA) is 233 Å². The number of sulfonamides is 1. The van der Waals surface area contributed by atoms with E-state index in [0.717, 1.165) is 43.4 Å². The molecule has 378 valence electrons. The molecule has 0 bridgehead atoms. The second-order valence-corrected chi connectivity index (χ2v) is 23.3. The van der Waals surface area contributed by atoms with Crippen molar-refractivity contribution in [3.8, 4) is 0 Å². The first-order valence-electron chi connectivity index (χ1n) is 25.6. The minimum atomic E-state index is -4.29. The molecule has 3 aromatic rings. The summed E-state index contributed by atoms with van der Waals surface area (Å²) in [5.41, 5.74) is 1.98. The van der Waals surface area contributed by atoms with Gasteiger partial charge in [0.15, 0.2) is 10.4 Å². The van der Waals surface area contributed by atoms with Gasteiger partial charge in [-0.05, 0) is 139 Å². The molecular formula is C51H74N8O9S. The predicted octanol–water partition coefficient (Wildman–Crippen LogP) is 10.1. The van der Waals surface area contributed by atoms with Gasteiger partial charge in [0, 0.05) is 57.2 Å². The van der Waals surface area contributed by atoms with Gasteiger partial charge >= 0.3 is 5.69 Å². The maximum Gasteiger partial charge on any atom is 0.300 e. The molecule has 4 aliphatic rings. The Morgan fingerprint density at radius 2 is 1.55 bits per heavy atom. The Morgan fingerprint density at radius 1 is 0.812 bits per heavy atom. The van der Waals surface area contributed by atoms with Crippen LogP contribution >= 0.6 is 0 Å². The quantitative estimate of drug-likeness (QED) is 0.0329. The SMILES string of the molecule is CC(C)CCCC(C)[C@H]1CCC2C3CC=C4C[C@@H](N(CCCNC(=O)CCNC(=O)CCCCCNc5ccc([N+](=O)[O-])c6nonc56)S(=O)(=O)c5ccccc5[N+](=O)[O-])CC[C@]4(C)C3CC[C@@]21C. The third-order valence-electron chi connectivity index (χ3n) is 16.9. The van der Waals surface area contributed by atoms with Crippen LogP contribution in [0.15, 0.2) is 57.6 Å². The zero-order valence-corrected chi connectivity index (χ0v) is 42.1. The summed E-state index contributed by atoms with van der Waals surface area (Å²) in [6.45, 7) is 13.2. The highest BCUT2D eigenvalue weighted by Crippen LogP contribution is 2.67. The monoisotopic (exact) mass is 975 g/mol. The van der Waals surface area contributed by atoms with Crippen LogP contribution in [0.3, 0.4) is 0 Å². The normalized spacial score (nSPS) is 25.9. The maximum atomic E-state index is 14.6. The van der Waals surface area contributed by atoms with Crippen LogP contribution in [-0.2, 0) is 19.6 Å². The number of hydrogen-bond acceptors (Lipinski definition) is 12. The molecule has 0 saturated heterocycles. The first-order valence-corrected chi connectivity index (χ1v) is 27.0. The number of nitro benzene ring substituents is 2. The summed E-state index contributed by atoms with van der Waals surface area (Å²) in [6.07, 6.45) is 17.4. The Labute approximate surface area is 407 Å². The van der Waals surface area contributed by atoms with Crippen molar-refractivity contribution in [1.29, 1.82) is 0 Å². The Morgan fingerprint density at radius 3 is 2.32 bits per heavy atom. The minimum absolute atomic E-state index is 0.0134. The number of para-hydroxylation sites is 1. The van der Waals surface area contributed by atoms with Gasteiger partial charge in [0.2, 0.25) is 27.4 Å². The van der Waals surface area contributed by atoms with Crippen molar-refractivity contribution in [3.63, 3.8) is 0 Å². The summed E-state index contributed by atoms with van der Waals surface area (Å²) in [5, 5.41) is 39.6. The Balaban J connectivity index is 0.893. The van der Waals surface area contributed by atoms with Gasteiger partial charge in [0.1, 0.15) is 0 Å². The second-order valence-electron chi connectivity index (χ2n) is 21.4. The van der Waals surface area contributed by atoms with Crippen LogP contribution < -0.4 is 16.0 Å². The van der Waals surface area contributed by atoms with Crippen molar-refractivity contribution in [3.05, 3.63) is 68.3 Å². The number of rotatable bonds is 24. The lowest BCUT2D eigenvalue weighted by Gasteiger charge is -2.59. The molecule has 17 nitrogen and oxygen atoms in total. The molecule has 8 atom stereocenters. The fourth-order valence-electron chi connectivity index (χ4n) is 13.3. The molecule has 3 saturated carbocycles. The van der Waals surface area contributed by atoms with Crippen LogP contribution in [0.25, 0.3) is 11.0 Å². The van der Waals surface area contributed by atoms with E-state index in [0.29, 0.717) is 61.1 Å². The molecule has 69 heavy (non-hydrogen) atoms. The van der Waals surface area contributed by atoms with Gasteiger partial charge in [-0.3, -0.25) is 29.8 Å². The highest BCUT2D eigenvalue weighted by atomic mass is 32.2. The largest absolute Gasteiger partial charge is 0.383 e. The van der Waals surface area contributed by atoms with Crippen molar-refractivity contribution in [2.75, 3.05) is 31.5 Å². The molecule has 18 heteroatoms. The summed E-state index contributed by atoms with van der Waals surface area (Å²) < 4.78 is 35.4. The van der Waals surface area contributed by atoms with Crippen LogP contribution in [0.5, 0.6) is 0 Å². The van der Waals surface area contributed by atoms with Gasteiger partial charge in [-0.25, -0.2) is 13.0 Å². The first-order chi connectivity index (χ1) is 33.0. The molecule has 3 N–H and O–H groups in total. The maximum absolute atomic E-state index is 14.6. The minimum Gasteiger partial charge on any atom is -0.383 e. The molecule has 4 unspecified atom stereocenters. The van der Waals surface area contributed by atoms with Crippen LogP contribution in [-0.4, -0.2) is 76.9 Å². The Bertz CT molecular complexity index is 2460. The number of aromatic nitrogens is 2. The number of nitrogens with one attached hydrogen (secondary N) is 3. The zero-order valence-electron chi connectivity index (χ0n) is 41.3. The number of carbonyl (C=O) groups is 2. The highest BCUT2D eigenvalue weighted by Gasteiger charge is 2.59. The van der Waals surface area contributed by atoms with E-state index >= 15 is 0 Å². The number of non-ortho nitro benzene ring substituents is 1. The molecule has 2 amide bonds. The number of nitrogens with zero attached hydrogens (tertiary/aromatic N) is 5. The number of benzene rings is 2. The number of hydrogen-bond donors (Lipinski definition) is 3. The summed E-state index contributed by atoms with van der Waals surface area (Å²) in [7, 11) is -4.29. The van der Waals surface area contributed by atoms with E-state index in [9.17, 15) is 38.2 Å². The van der Waals surface area contributed by atoms with E-state index in [1.54, 1.807) is 6.07 Å². The van der Waals surface area contributed by atoms with E-state index in [1.165, 1.54) is 85.2 Å². The number of nitro groups is 2. The van der Waals surface area contributed by atoms with Crippen LogP contribution in [0.1, 0.15) is 144 Å². The van der Waals surface area contributed by atoms with Gasteiger partial charge < -0.3 is 16.0 Å². The van der Waals surface area contributed by atoms with Crippen molar-refractivity contribution in [2.24, 2.45) is 46.3 Å². The third-order valence-corrected chi connectivity index (χ3v) is 18.9. The van der Waals surface area contributed by atoms with E-state index in [1.807, 2.05) is 0 Å². The second kappa shape index (κ2) is 22.4. The lowest BCUT2D eigenvalue weighted by atomic mass is 9.47. The fraction of sp³-hybridized carbons (Fsp3) is 0.686. The molecule has 7 rings (SSSR count). The molecule has 4 aliphatic carbocycles. The number of unbranched alkanes of at least 4 members (excludes halogenated alkanes) is 2. The highest BCUT2D eigenvalue weighted by molar-refractivity contribution is 7.89. The van der Waals surface area contributed by atoms with Crippen LogP contribution in [0.4, 0.5) is 17.1 Å². The molecule has 0 radical (unpaired) electrons. The van der Waals surface area contributed by atoms with Gasteiger partial charge in [0.25, 0.3) is 5.69 Å². The molecule has 1 aromatic heterocycles. The summed E-state index contributed by atoms with van der Waals surface area (Å²) in [6, 6.07) is 8.10. The summed E-state index contributed by atoms with van der Waals surface area (Å²) in [5.74, 6) is 3.71. The van der Waals surface area contributed by atoms with E-state index in [2.05, 4.69) is 67.0 Å². The van der Waals surface area contributed by atoms with Gasteiger partial charge in [-0.2, -0.15) is 4.31 Å². The predicted molar refractivity (Wildman–Crippen MR) is 264 cm³/mol. The number of amides is 2. The van der Waals surface area contributed by atoms with Crippen molar-refractivity contribution < 1.29 is 32.5 Å². The number of allylic oxidation sites excluding steroid dienone is 1. The third kappa shape index (κ3) is 11.5. The Hall–Kier alpha value is -4.97. The van der Waals surface area contributed by atoms with Crippen LogP contribution in [0.2, 0.25) is 0 Å². The number of carbonyl (C=O) groups excluding carboxylic acids is 2. The molecule has 0 spiro atoms. The molecule has 3 fully saturated rings. The number of anilines is 1. The van der Waals surface area contributed by atoms with Crippen molar-refractivity contribution in [1.82, 2.24) is 25.3 Å². The van der Waals surface area contributed by atoms with E-state index in [4.69, 9.17) is 4.63 Å². The van der Waals surface area contributed by atoms with E-state index < -0.39 is 25.6 Å². The first kappa shape index (κ1) is 51.9. The zero-order chi connectivity index (χ0) is 49.5. The van der Waals surface area contributed by atoms with Gasteiger partial charge in [-0.15, -0.1) is 0 Å². The van der Waals surface area contributed by atoms with Crippen molar-refractivity contribution in [2.45, 2.75) is 155 Å². The Kier molecular flexibility index (Phi) is 16.8. The van der Waals surface area contributed by atoms with E-state index in [-0.39, 0.29) is 77.4 Å². The number of fused-ring (bicyclic) bond motifs is 6. The fourth-order valence-corrected chi connectivity index (χ4v) is 15.1.